The molecule has 0 spiro atoms. The zero-order chi connectivity index (χ0) is 13.6. The standard InChI is InChI=1S/C9H18N6O2S/c1-7-6-8(14-9(13-7)15-10)11-4-3-5-12-18(2,16)17/h6,12H,3-5,10H2,1-2H3,(H2,11,13,14,15). The van der Waals surface area contributed by atoms with Gasteiger partial charge in [-0.15, -0.1) is 0 Å². The van der Waals surface area contributed by atoms with Gasteiger partial charge in [0.15, 0.2) is 0 Å². The second-order valence-electron chi connectivity index (χ2n) is 3.81. The highest BCUT2D eigenvalue weighted by molar-refractivity contribution is 7.88. The molecule has 0 aromatic carbocycles. The molecule has 1 aromatic heterocycles. The summed E-state index contributed by atoms with van der Waals surface area (Å²) in [7, 11) is -3.12. The largest absolute Gasteiger partial charge is 0.370 e. The first-order valence-electron chi connectivity index (χ1n) is 5.41. The molecule has 0 fully saturated rings. The Morgan fingerprint density at radius 3 is 2.67 bits per heavy atom. The van der Waals surface area contributed by atoms with Crippen LogP contribution < -0.4 is 21.3 Å². The van der Waals surface area contributed by atoms with E-state index in [0.29, 0.717) is 31.3 Å². The van der Waals surface area contributed by atoms with Gasteiger partial charge in [0.25, 0.3) is 0 Å². The number of hydrazine groups is 1. The van der Waals surface area contributed by atoms with Gasteiger partial charge in [-0.05, 0) is 13.3 Å². The third kappa shape index (κ3) is 5.75. The fourth-order valence-electron chi connectivity index (χ4n) is 1.29. The first-order chi connectivity index (χ1) is 8.40. The maximum atomic E-state index is 10.8. The van der Waals surface area contributed by atoms with Gasteiger partial charge in [0.05, 0.1) is 6.26 Å². The van der Waals surface area contributed by atoms with Crippen LogP contribution in [-0.2, 0) is 10.0 Å². The maximum Gasteiger partial charge on any atom is 0.239 e. The number of nitrogens with two attached hydrogens (primary N) is 1. The van der Waals surface area contributed by atoms with Crippen LogP contribution in [-0.4, -0.2) is 37.7 Å². The van der Waals surface area contributed by atoms with E-state index < -0.39 is 10.0 Å². The van der Waals surface area contributed by atoms with Crippen molar-refractivity contribution in [2.45, 2.75) is 13.3 Å². The number of hydrogen-bond donors (Lipinski definition) is 4. The molecule has 9 heteroatoms. The first-order valence-corrected chi connectivity index (χ1v) is 7.30. The van der Waals surface area contributed by atoms with Crippen LogP contribution in [0.4, 0.5) is 11.8 Å². The van der Waals surface area contributed by atoms with Crippen molar-refractivity contribution in [2.24, 2.45) is 5.84 Å². The van der Waals surface area contributed by atoms with Gasteiger partial charge in [0.2, 0.25) is 16.0 Å². The SMILES string of the molecule is Cc1cc(NCCCNS(C)(=O)=O)nc(NN)n1. The summed E-state index contributed by atoms with van der Waals surface area (Å²) in [5.41, 5.74) is 3.16. The quantitative estimate of drug-likeness (QED) is 0.298. The number of hydrogen-bond acceptors (Lipinski definition) is 7. The van der Waals surface area contributed by atoms with E-state index in [2.05, 4.69) is 25.4 Å². The average Bonchev–Trinajstić information content (AvgIpc) is 2.26. The summed E-state index contributed by atoms with van der Waals surface area (Å²) in [4.78, 5) is 8.15. The van der Waals surface area contributed by atoms with E-state index in [1.165, 1.54) is 0 Å². The second kappa shape index (κ2) is 6.47. The highest BCUT2D eigenvalue weighted by Gasteiger charge is 2.01. The first kappa shape index (κ1) is 14.6. The molecule has 0 unspecified atom stereocenters. The molecule has 0 bridgehead atoms. The van der Waals surface area contributed by atoms with Gasteiger partial charge in [0.1, 0.15) is 5.82 Å². The lowest BCUT2D eigenvalue weighted by molar-refractivity contribution is 0.586. The molecule has 18 heavy (non-hydrogen) atoms. The number of aryl methyl sites for hydroxylation is 1. The molecule has 0 atom stereocenters. The number of sulfonamides is 1. The molecule has 0 saturated heterocycles. The van der Waals surface area contributed by atoms with Crippen molar-refractivity contribution in [3.05, 3.63) is 11.8 Å². The lowest BCUT2D eigenvalue weighted by Gasteiger charge is -2.08. The van der Waals surface area contributed by atoms with Crippen LogP contribution in [0.1, 0.15) is 12.1 Å². The summed E-state index contributed by atoms with van der Waals surface area (Å²) in [6.45, 7) is 2.82. The summed E-state index contributed by atoms with van der Waals surface area (Å²) in [6, 6.07) is 1.78. The van der Waals surface area contributed by atoms with E-state index in [9.17, 15) is 8.42 Å². The van der Waals surface area contributed by atoms with E-state index >= 15 is 0 Å². The lowest BCUT2D eigenvalue weighted by Crippen LogP contribution is -2.24. The number of nitrogen functional groups attached to an aromatic ring is 1. The van der Waals surface area contributed by atoms with Crippen LogP contribution in [0, 0.1) is 6.92 Å². The summed E-state index contributed by atoms with van der Waals surface area (Å²) >= 11 is 0. The van der Waals surface area contributed by atoms with Crippen molar-refractivity contribution >= 4 is 21.8 Å². The van der Waals surface area contributed by atoms with Crippen molar-refractivity contribution in [1.29, 1.82) is 0 Å². The molecule has 0 amide bonds. The third-order valence-corrected chi connectivity index (χ3v) is 2.74. The minimum absolute atomic E-state index is 0.340. The minimum atomic E-state index is -3.12. The van der Waals surface area contributed by atoms with Gasteiger partial charge in [-0.2, -0.15) is 4.98 Å². The van der Waals surface area contributed by atoms with Crippen LogP contribution in [0.3, 0.4) is 0 Å². The van der Waals surface area contributed by atoms with E-state index in [1.54, 1.807) is 6.07 Å². The minimum Gasteiger partial charge on any atom is -0.370 e. The maximum absolute atomic E-state index is 10.8. The zero-order valence-electron chi connectivity index (χ0n) is 10.4. The van der Waals surface area contributed by atoms with E-state index in [1.807, 2.05) is 6.92 Å². The van der Waals surface area contributed by atoms with E-state index in [4.69, 9.17) is 5.84 Å². The fourth-order valence-corrected chi connectivity index (χ4v) is 1.80. The van der Waals surface area contributed by atoms with Crippen LogP contribution >= 0.6 is 0 Å². The lowest BCUT2D eigenvalue weighted by atomic mass is 10.4. The Labute approximate surface area is 106 Å². The van der Waals surface area contributed by atoms with Crippen LogP contribution in [0.5, 0.6) is 0 Å². The smallest absolute Gasteiger partial charge is 0.239 e. The van der Waals surface area contributed by atoms with Crippen LogP contribution in [0.15, 0.2) is 6.07 Å². The van der Waals surface area contributed by atoms with Crippen molar-refractivity contribution in [2.75, 3.05) is 30.1 Å². The highest BCUT2D eigenvalue weighted by atomic mass is 32.2. The molecule has 1 aromatic rings. The topological polar surface area (TPSA) is 122 Å². The molecule has 1 rings (SSSR count). The highest BCUT2D eigenvalue weighted by Crippen LogP contribution is 2.08. The molecule has 0 aliphatic heterocycles. The Morgan fingerprint density at radius 2 is 2.06 bits per heavy atom. The monoisotopic (exact) mass is 274 g/mol. The van der Waals surface area contributed by atoms with Crippen LogP contribution in [0.2, 0.25) is 0 Å². The molecule has 0 aliphatic rings. The Hall–Kier alpha value is -1.45. The summed E-state index contributed by atoms with van der Waals surface area (Å²) in [5, 5.41) is 3.06. The van der Waals surface area contributed by atoms with Crippen molar-refractivity contribution in [3.63, 3.8) is 0 Å². The number of nitrogens with zero attached hydrogens (tertiary/aromatic N) is 2. The predicted molar refractivity (Wildman–Crippen MR) is 70.5 cm³/mol. The molecule has 0 saturated carbocycles. The second-order valence-corrected chi connectivity index (χ2v) is 5.64. The zero-order valence-corrected chi connectivity index (χ0v) is 11.2. The molecular weight excluding hydrogens is 256 g/mol. The van der Waals surface area contributed by atoms with Gasteiger partial charge in [-0.1, -0.05) is 0 Å². The van der Waals surface area contributed by atoms with Crippen molar-refractivity contribution < 1.29 is 8.42 Å². The molecule has 5 N–H and O–H groups in total. The summed E-state index contributed by atoms with van der Waals surface area (Å²) in [5.74, 6) is 6.22. The molecular formula is C9H18N6O2S. The number of aromatic nitrogens is 2. The Balaban J connectivity index is 2.37. The summed E-state index contributed by atoms with van der Waals surface area (Å²) < 4.78 is 24.0. The molecule has 0 radical (unpaired) electrons. The van der Waals surface area contributed by atoms with Crippen molar-refractivity contribution in [3.8, 4) is 0 Å². The summed E-state index contributed by atoms with van der Waals surface area (Å²) in [6.07, 6.45) is 1.79. The number of anilines is 2. The molecule has 1 heterocycles. The van der Waals surface area contributed by atoms with Crippen LogP contribution in [0.25, 0.3) is 0 Å². The predicted octanol–water partition coefficient (Wildman–Crippen LogP) is -0.578. The third-order valence-electron chi connectivity index (χ3n) is 2.01. The molecule has 8 nitrogen and oxygen atoms in total. The molecule has 102 valence electrons. The molecule has 0 aliphatic carbocycles. The van der Waals surface area contributed by atoms with E-state index in [-0.39, 0.29) is 0 Å². The number of nitrogens with one attached hydrogen (secondary N) is 3. The van der Waals surface area contributed by atoms with Gasteiger partial charge < -0.3 is 5.32 Å². The van der Waals surface area contributed by atoms with Gasteiger partial charge >= 0.3 is 0 Å². The van der Waals surface area contributed by atoms with E-state index in [0.717, 1.165) is 11.9 Å². The Kier molecular flexibility index (Phi) is 5.25. The number of rotatable bonds is 7. The van der Waals surface area contributed by atoms with Gasteiger partial charge in [-0.3, -0.25) is 5.43 Å². The van der Waals surface area contributed by atoms with Crippen molar-refractivity contribution in [1.82, 2.24) is 14.7 Å². The van der Waals surface area contributed by atoms with Gasteiger partial charge in [0, 0.05) is 24.8 Å². The Bertz CT molecular complexity index is 490. The fraction of sp³-hybridized carbons (Fsp3) is 0.556. The Morgan fingerprint density at radius 1 is 1.33 bits per heavy atom. The van der Waals surface area contributed by atoms with Gasteiger partial charge in [-0.25, -0.2) is 24.0 Å². The normalized spacial score (nSPS) is 11.3. The average molecular weight is 274 g/mol.